The summed E-state index contributed by atoms with van der Waals surface area (Å²) in [4.78, 5) is 30.2. The number of aryl methyl sites for hydroxylation is 7. The van der Waals surface area contributed by atoms with Gasteiger partial charge in [-0.1, -0.05) is 96.9 Å². The zero-order valence-electron chi connectivity index (χ0n) is 42.4. The minimum absolute atomic E-state index is 0.711. The molecule has 0 bridgehead atoms. The minimum Gasteiger partial charge on any atom is -0.261 e. The van der Waals surface area contributed by atoms with E-state index in [4.69, 9.17) is 0 Å². The molecule has 0 saturated heterocycles. The molecule has 0 unspecified atom stereocenters. The Kier molecular flexibility index (Phi) is 75.4. The highest BCUT2D eigenvalue weighted by atomic mass is 15.1. The maximum absolute atomic E-state index is 3.92. The first-order valence-electron chi connectivity index (χ1n) is 21.3. The fourth-order valence-electron chi connectivity index (χ4n) is 2.33. The molecule has 0 radical (unpaired) electrons. The summed E-state index contributed by atoms with van der Waals surface area (Å²) in [6, 6.07) is 5.68. The Morgan fingerprint density at radius 2 is 0.825 bits per heavy atom. The third kappa shape index (κ3) is 64.6. The molecule has 7 aromatic rings. The van der Waals surface area contributed by atoms with Gasteiger partial charge in [0.25, 0.3) is 0 Å². The van der Waals surface area contributed by atoms with Crippen molar-refractivity contribution in [2.45, 2.75) is 145 Å². The fourth-order valence-corrected chi connectivity index (χ4v) is 2.33. The molecule has 7 aromatic heterocycles. The Balaban J connectivity index is -0.000000111. The van der Waals surface area contributed by atoms with E-state index in [2.05, 4.69) is 90.9 Å². The summed E-state index contributed by atoms with van der Waals surface area (Å²) in [6.45, 7) is 41.1. The van der Waals surface area contributed by atoms with E-state index in [1.165, 1.54) is 25.3 Å². The third-order valence-electron chi connectivity index (χ3n) is 4.57. The molecule has 350 valence electrons. The van der Waals surface area contributed by atoms with Gasteiger partial charge in [-0.05, 0) is 72.2 Å². The normalized spacial score (nSPS) is 7.44. The predicted molar refractivity (Wildman–Crippen MR) is 258 cm³/mol. The Morgan fingerprint density at radius 1 is 0.286 bits per heavy atom. The predicted octanol–water partition coefficient (Wildman–Crippen LogP) is 10.3. The van der Waals surface area contributed by atoms with E-state index in [1.807, 2.05) is 157 Å². The molecule has 0 N–H and O–H groups in total. The Bertz CT molecular complexity index is 1330. The van der Waals surface area contributed by atoms with Gasteiger partial charge in [0.2, 0.25) is 0 Å². The first kappa shape index (κ1) is 70.8. The molecule has 0 saturated carbocycles. The van der Waals surface area contributed by atoms with Crippen molar-refractivity contribution in [1.29, 1.82) is 0 Å². The van der Waals surface area contributed by atoms with Crippen molar-refractivity contribution in [3.8, 4) is 0 Å². The second-order valence-electron chi connectivity index (χ2n) is 9.00. The molecular formula is C45H80N18. The molecule has 0 aliphatic rings. The number of hydrogen-bond donors (Lipinski definition) is 0. The number of nitrogens with zero attached hydrogens (tertiary/aromatic N) is 18. The zero-order valence-corrected chi connectivity index (χ0v) is 42.4. The molecule has 0 atom stereocenters. The van der Waals surface area contributed by atoms with Crippen LogP contribution in [0.2, 0.25) is 0 Å². The van der Waals surface area contributed by atoms with Crippen LogP contribution in [0.4, 0.5) is 0 Å². The van der Waals surface area contributed by atoms with Crippen LogP contribution in [-0.2, 0) is 0 Å². The molecule has 0 spiro atoms. The monoisotopic (exact) mass is 873 g/mol. The van der Waals surface area contributed by atoms with E-state index in [9.17, 15) is 0 Å². The van der Waals surface area contributed by atoms with Crippen LogP contribution in [0.15, 0.2) is 105 Å². The number of hydrogen-bond acceptors (Lipinski definition) is 18. The number of aromatic nitrogens is 18. The minimum atomic E-state index is 0.711. The first-order valence-corrected chi connectivity index (χ1v) is 21.3. The highest BCUT2D eigenvalue weighted by Crippen LogP contribution is 1.86. The Labute approximate surface area is 380 Å². The molecule has 63 heavy (non-hydrogen) atoms. The van der Waals surface area contributed by atoms with Crippen LogP contribution >= 0.6 is 0 Å². The Hall–Kier alpha value is -6.72. The van der Waals surface area contributed by atoms with E-state index in [0.717, 1.165) is 34.2 Å². The van der Waals surface area contributed by atoms with Gasteiger partial charge in [0.1, 0.15) is 37.0 Å². The van der Waals surface area contributed by atoms with E-state index in [1.54, 1.807) is 68.9 Å². The van der Waals surface area contributed by atoms with Crippen molar-refractivity contribution in [1.82, 2.24) is 90.9 Å². The maximum atomic E-state index is 3.92. The van der Waals surface area contributed by atoms with Gasteiger partial charge < -0.3 is 0 Å². The molecule has 0 aliphatic carbocycles. The first-order chi connectivity index (χ1) is 30.8. The van der Waals surface area contributed by atoms with E-state index in [-0.39, 0.29) is 0 Å². The van der Waals surface area contributed by atoms with Gasteiger partial charge in [-0.25, -0.2) is 29.9 Å². The largest absolute Gasteiger partial charge is 0.261 e. The molecule has 7 rings (SSSR count). The lowest BCUT2D eigenvalue weighted by Gasteiger charge is -1.81. The summed E-state index contributed by atoms with van der Waals surface area (Å²) in [6.07, 6.45) is 22.3. The summed E-state index contributed by atoms with van der Waals surface area (Å²) in [5.41, 5.74) is 4.82. The van der Waals surface area contributed by atoms with Crippen molar-refractivity contribution in [3.63, 3.8) is 0 Å². The Morgan fingerprint density at radius 3 is 1.05 bits per heavy atom. The van der Waals surface area contributed by atoms with Crippen LogP contribution in [0, 0.1) is 48.5 Å². The topological polar surface area (TPSA) is 232 Å². The average Bonchev–Trinajstić information content (AvgIpc) is 3.36. The summed E-state index contributed by atoms with van der Waals surface area (Å²) < 4.78 is 0. The third-order valence-corrected chi connectivity index (χ3v) is 4.57. The maximum Gasteiger partial charge on any atom is 0.147 e. The summed E-state index contributed by atoms with van der Waals surface area (Å²) in [5.74, 6) is 1.47. The average molecular weight is 873 g/mol. The summed E-state index contributed by atoms with van der Waals surface area (Å²) in [5, 5.41) is 36.0. The molecule has 0 aromatic carbocycles. The van der Waals surface area contributed by atoms with Crippen molar-refractivity contribution < 1.29 is 0 Å². The molecule has 0 fully saturated rings. The summed E-state index contributed by atoms with van der Waals surface area (Å²) >= 11 is 0. The highest BCUT2D eigenvalue weighted by Gasteiger charge is 1.79. The molecule has 18 nitrogen and oxygen atoms in total. The van der Waals surface area contributed by atoms with E-state index < -0.39 is 0 Å². The van der Waals surface area contributed by atoms with Crippen molar-refractivity contribution in [2.75, 3.05) is 0 Å². The van der Waals surface area contributed by atoms with E-state index in [0.29, 0.717) is 5.82 Å². The molecule has 18 heteroatoms. The molecular weight excluding hydrogens is 793 g/mol. The highest BCUT2D eigenvalue weighted by molar-refractivity contribution is 5.00. The van der Waals surface area contributed by atoms with Crippen LogP contribution < -0.4 is 0 Å². The molecule has 7 heterocycles. The second kappa shape index (κ2) is 67.1. The second-order valence-corrected chi connectivity index (χ2v) is 9.00. The lowest BCUT2D eigenvalue weighted by atomic mass is 10.4. The van der Waals surface area contributed by atoms with Gasteiger partial charge in [-0.3, -0.25) is 9.97 Å². The lowest BCUT2D eigenvalue weighted by Crippen LogP contribution is -1.85. The lowest BCUT2D eigenvalue weighted by molar-refractivity contribution is 0.907. The van der Waals surface area contributed by atoms with Gasteiger partial charge >= 0.3 is 0 Å². The van der Waals surface area contributed by atoms with Crippen molar-refractivity contribution in [3.05, 3.63) is 145 Å². The quantitative estimate of drug-likeness (QED) is 0.138. The van der Waals surface area contributed by atoms with E-state index >= 15 is 0 Å². The SMILES string of the molecule is CC.CC.CC.CC.CC.CC.CC.Cc1cccnn1.Cc1ccnnc1.Cc1cnccn1.Cc1cncnn1.Cc1cnncn1.Cc1nccnn1.Cc1ncncn1. The van der Waals surface area contributed by atoms with Crippen LogP contribution in [0.1, 0.15) is 137 Å². The van der Waals surface area contributed by atoms with Gasteiger partial charge in [0.05, 0.1) is 47.6 Å². The van der Waals surface area contributed by atoms with Crippen LogP contribution in [0.25, 0.3) is 0 Å². The van der Waals surface area contributed by atoms with Crippen molar-refractivity contribution in [2.24, 2.45) is 0 Å². The molecule has 0 aliphatic heterocycles. The van der Waals surface area contributed by atoms with Gasteiger partial charge in [0, 0.05) is 37.2 Å². The molecule has 0 amide bonds. The van der Waals surface area contributed by atoms with Crippen molar-refractivity contribution >= 4 is 0 Å². The number of rotatable bonds is 0. The zero-order chi connectivity index (χ0) is 49.8. The van der Waals surface area contributed by atoms with Crippen LogP contribution in [0.5, 0.6) is 0 Å². The van der Waals surface area contributed by atoms with Gasteiger partial charge in [-0.15, -0.1) is 15.3 Å². The standard InChI is InChI=1S/3C5H6N2.4C4H5N3.7C2H6/c1-5-4-6-2-3-7-5;1-5-2-3-6-7-4-5;1-5-3-2-4-6-7-5;1-4-6-2-5-3-7-4;1-4-2-6-7-3-5-4;1-4-2-5-3-6-7-4;1-4-5-2-3-6-7-4;7*1-2/h3*2-4H,1H3;4*2-3H,1H3;7*1-2H3. The fraction of sp³-hybridized carbons (Fsp3) is 0.467. The van der Waals surface area contributed by atoms with Gasteiger partial charge in [0.15, 0.2) is 0 Å². The summed E-state index contributed by atoms with van der Waals surface area (Å²) in [7, 11) is 0. The van der Waals surface area contributed by atoms with Crippen LogP contribution in [-0.4, -0.2) is 90.9 Å². The smallest absolute Gasteiger partial charge is 0.147 e. The van der Waals surface area contributed by atoms with Gasteiger partial charge in [-0.2, -0.15) is 35.7 Å². The van der Waals surface area contributed by atoms with Crippen LogP contribution in [0.3, 0.4) is 0 Å².